The Bertz CT molecular complexity index is 620. The van der Waals surface area contributed by atoms with Crippen molar-refractivity contribution in [2.24, 2.45) is 0 Å². The van der Waals surface area contributed by atoms with Crippen molar-refractivity contribution in [1.82, 2.24) is 4.98 Å². The van der Waals surface area contributed by atoms with Crippen molar-refractivity contribution in [3.8, 4) is 11.5 Å². The minimum atomic E-state index is -0.0511. The van der Waals surface area contributed by atoms with Gasteiger partial charge in [-0.2, -0.15) is 0 Å². The maximum atomic E-state index is 9.29. The SMILES string of the molecule is COc1ccc(CNc2cnccc2CO)c(Cl)c1OC. The quantitative estimate of drug-likeness (QED) is 0.859. The highest BCUT2D eigenvalue weighted by atomic mass is 35.5. The summed E-state index contributed by atoms with van der Waals surface area (Å²) in [6.07, 6.45) is 3.31. The van der Waals surface area contributed by atoms with Crippen LogP contribution in [0.1, 0.15) is 11.1 Å². The van der Waals surface area contributed by atoms with E-state index < -0.39 is 0 Å². The molecular formula is C15H17ClN2O3. The third-order valence-electron chi connectivity index (χ3n) is 3.12. The van der Waals surface area contributed by atoms with Gasteiger partial charge in [0, 0.05) is 18.3 Å². The Morgan fingerprint density at radius 2 is 2.00 bits per heavy atom. The van der Waals surface area contributed by atoms with E-state index in [-0.39, 0.29) is 6.61 Å². The number of aromatic nitrogens is 1. The summed E-state index contributed by atoms with van der Waals surface area (Å²) in [6, 6.07) is 5.43. The molecule has 0 unspecified atom stereocenters. The van der Waals surface area contributed by atoms with Gasteiger partial charge in [0.2, 0.25) is 0 Å². The topological polar surface area (TPSA) is 63.6 Å². The lowest BCUT2D eigenvalue weighted by molar-refractivity contribution is 0.282. The number of hydrogen-bond donors (Lipinski definition) is 2. The molecule has 0 saturated carbocycles. The molecule has 21 heavy (non-hydrogen) atoms. The van der Waals surface area contributed by atoms with Crippen molar-refractivity contribution in [1.29, 1.82) is 0 Å². The van der Waals surface area contributed by atoms with Crippen LogP contribution in [0.4, 0.5) is 5.69 Å². The minimum absolute atomic E-state index is 0.0511. The van der Waals surface area contributed by atoms with E-state index in [1.54, 1.807) is 38.7 Å². The summed E-state index contributed by atoms with van der Waals surface area (Å²) in [5, 5.41) is 13.0. The second kappa shape index (κ2) is 7.15. The number of hydrogen-bond acceptors (Lipinski definition) is 5. The molecule has 5 nitrogen and oxygen atoms in total. The van der Waals surface area contributed by atoms with Crippen molar-refractivity contribution < 1.29 is 14.6 Å². The molecule has 0 aliphatic rings. The first-order valence-corrected chi connectivity index (χ1v) is 6.76. The maximum absolute atomic E-state index is 9.29. The minimum Gasteiger partial charge on any atom is -0.493 e. The molecule has 1 aromatic carbocycles. The van der Waals surface area contributed by atoms with Gasteiger partial charge in [0.15, 0.2) is 11.5 Å². The molecule has 0 aliphatic heterocycles. The standard InChI is InChI=1S/C15H17ClN2O3/c1-20-13-4-3-10(14(16)15(13)21-2)7-18-12-8-17-6-5-11(12)9-19/h3-6,8,18-19H,7,9H2,1-2H3. The van der Waals surface area contributed by atoms with Crippen molar-refractivity contribution in [3.05, 3.63) is 46.7 Å². The molecule has 0 amide bonds. The third kappa shape index (κ3) is 3.37. The number of halogens is 1. The number of aliphatic hydroxyl groups is 1. The number of anilines is 1. The highest BCUT2D eigenvalue weighted by molar-refractivity contribution is 6.33. The molecule has 1 heterocycles. The zero-order valence-corrected chi connectivity index (χ0v) is 12.6. The molecular weight excluding hydrogens is 292 g/mol. The fourth-order valence-electron chi connectivity index (χ4n) is 1.98. The molecule has 0 bridgehead atoms. The van der Waals surface area contributed by atoms with Gasteiger partial charge in [-0.25, -0.2) is 0 Å². The Labute approximate surface area is 128 Å². The van der Waals surface area contributed by atoms with Gasteiger partial charge in [-0.1, -0.05) is 17.7 Å². The monoisotopic (exact) mass is 308 g/mol. The average Bonchev–Trinajstić information content (AvgIpc) is 2.53. The van der Waals surface area contributed by atoms with E-state index in [1.807, 2.05) is 6.07 Å². The number of nitrogens with zero attached hydrogens (tertiary/aromatic N) is 1. The van der Waals surface area contributed by atoms with Crippen molar-refractivity contribution in [2.75, 3.05) is 19.5 Å². The predicted octanol–water partition coefficient (Wildman–Crippen LogP) is 2.86. The lowest BCUT2D eigenvalue weighted by atomic mass is 10.1. The molecule has 112 valence electrons. The van der Waals surface area contributed by atoms with E-state index in [1.165, 1.54) is 0 Å². The Kier molecular flexibility index (Phi) is 5.25. The van der Waals surface area contributed by atoms with Crippen LogP contribution in [-0.2, 0) is 13.2 Å². The largest absolute Gasteiger partial charge is 0.493 e. The lowest BCUT2D eigenvalue weighted by Crippen LogP contribution is -2.04. The van der Waals surface area contributed by atoms with Gasteiger partial charge in [-0.05, 0) is 17.7 Å². The lowest BCUT2D eigenvalue weighted by Gasteiger charge is -2.14. The molecule has 0 saturated heterocycles. The molecule has 0 fully saturated rings. The van der Waals surface area contributed by atoms with E-state index in [2.05, 4.69) is 10.3 Å². The number of benzene rings is 1. The average molecular weight is 309 g/mol. The van der Waals surface area contributed by atoms with Crippen LogP contribution in [0.15, 0.2) is 30.6 Å². The smallest absolute Gasteiger partial charge is 0.179 e. The molecule has 1 aromatic heterocycles. The highest BCUT2D eigenvalue weighted by Crippen LogP contribution is 2.37. The molecule has 6 heteroatoms. The number of ether oxygens (including phenoxy) is 2. The van der Waals surface area contributed by atoms with Crippen molar-refractivity contribution in [3.63, 3.8) is 0 Å². The first-order chi connectivity index (χ1) is 10.2. The second-order valence-electron chi connectivity index (χ2n) is 4.32. The predicted molar refractivity (Wildman–Crippen MR) is 82.0 cm³/mol. The molecule has 2 N–H and O–H groups in total. The van der Waals surface area contributed by atoms with Gasteiger partial charge in [0.1, 0.15) is 0 Å². The number of nitrogens with one attached hydrogen (secondary N) is 1. The molecule has 0 aliphatic carbocycles. The van der Waals surface area contributed by atoms with Crippen LogP contribution >= 0.6 is 11.6 Å². The summed E-state index contributed by atoms with van der Waals surface area (Å²) in [5.41, 5.74) is 2.41. The maximum Gasteiger partial charge on any atom is 0.179 e. The van der Waals surface area contributed by atoms with E-state index in [0.29, 0.717) is 23.1 Å². The highest BCUT2D eigenvalue weighted by Gasteiger charge is 2.13. The Hall–Kier alpha value is -1.98. The summed E-state index contributed by atoms with van der Waals surface area (Å²) in [6.45, 7) is 0.433. The summed E-state index contributed by atoms with van der Waals surface area (Å²) in [5.74, 6) is 1.09. The number of methoxy groups -OCH3 is 2. The van der Waals surface area contributed by atoms with Crippen LogP contribution in [0.3, 0.4) is 0 Å². The molecule has 0 radical (unpaired) electrons. The van der Waals surface area contributed by atoms with Gasteiger partial charge in [0.05, 0.1) is 37.7 Å². The fourth-order valence-corrected chi connectivity index (χ4v) is 2.28. The van der Waals surface area contributed by atoms with Crippen LogP contribution in [0.25, 0.3) is 0 Å². The molecule has 0 atom stereocenters. The Morgan fingerprint density at radius 1 is 1.19 bits per heavy atom. The van der Waals surface area contributed by atoms with E-state index in [4.69, 9.17) is 21.1 Å². The van der Waals surface area contributed by atoms with Gasteiger partial charge >= 0.3 is 0 Å². The number of aliphatic hydroxyl groups excluding tert-OH is 1. The Balaban J connectivity index is 2.20. The van der Waals surface area contributed by atoms with Gasteiger partial charge in [0.25, 0.3) is 0 Å². The number of rotatable bonds is 6. The van der Waals surface area contributed by atoms with Crippen LogP contribution < -0.4 is 14.8 Å². The summed E-state index contributed by atoms with van der Waals surface area (Å²) in [4.78, 5) is 4.04. The Morgan fingerprint density at radius 3 is 2.67 bits per heavy atom. The van der Waals surface area contributed by atoms with E-state index >= 15 is 0 Å². The van der Waals surface area contributed by atoms with Gasteiger partial charge in [-0.15, -0.1) is 0 Å². The zero-order valence-electron chi connectivity index (χ0n) is 11.9. The van der Waals surface area contributed by atoms with E-state index in [9.17, 15) is 5.11 Å². The van der Waals surface area contributed by atoms with Crippen LogP contribution in [0.2, 0.25) is 5.02 Å². The summed E-state index contributed by atoms with van der Waals surface area (Å²) >= 11 is 6.32. The van der Waals surface area contributed by atoms with Gasteiger partial charge < -0.3 is 19.9 Å². The summed E-state index contributed by atoms with van der Waals surface area (Å²) < 4.78 is 10.5. The molecule has 0 spiro atoms. The van der Waals surface area contributed by atoms with Gasteiger partial charge in [-0.3, -0.25) is 4.98 Å². The second-order valence-corrected chi connectivity index (χ2v) is 4.70. The third-order valence-corrected chi connectivity index (χ3v) is 3.53. The fraction of sp³-hybridized carbons (Fsp3) is 0.267. The first-order valence-electron chi connectivity index (χ1n) is 6.38. The zero-order chi connectivity index (χ0) is 15.2. The van der Waals surface area contributed by atoms with Crippen molar-refractivity contribution >= 4 is 17.3 Å². The first kappa shape index (κ1) is 15.4. The molecule has 2 rings (SSSR count). The summed E-state index contributed by atoms with van der Waals surface area (Å²) in [7, 11) is 3.11. The van der Waals surface area contributed by atoms with Crippen molar-refractivity contribution in [2.45, 2.75) is 13.2 Å². The number of pyridine rings is 1. The van der Waals surface area contributed by atoms with Crippen LogP contribution in [0.5, 0.6) is 11.5 Å². The molecule has 2 aromatic rings. The van der Waals surface area contributed by atoms with E-state index in [0.717, 1.165) is 16.8 Å². The van der Waals surface area contributed by atoms with Crippen LogP contribution in [0, 0.1) is 0 Å². The van der Waals surface area contributed by atoms with Crippen LogP contribution in [-0.4, -0.2) is 24.3 Å². The normalized spacial score (nSPS) is 10.3.